The predicted octanol–water partition coefficient (Wildman–Crippen LogP) is 0.789. The fraction of sp³-hybridized carbons (Fsp3) is 0.357. The molecular weight excluding hydrogens is 270 g/mol. The molecule has 7 nitrogen and oxygen atoms in total. The van der Waals surface area contributed by atoms with E-state index >= 15 is 0 Å². The Kier molecular flexibility index (Phi) is 3.83. The van der Waals surface area contributed by atoms with Crippen molar-refractivity contribution in [1.29, 1.82) is 0 Å². The maximum absolute atomic E-state index is 12.3. The lowest BCUT2D eigenvalue weighted by Gasteiger charge is -2.31. The number of ether oxygens (including phenoxy) is 1. The SMILES string of the molecule is Cc1ccnc([C@@H]2CN(C(=O)c3ncccn3)CCO2)n1. The van der Waals surface area contributed by atoms with Crippen LogP contribution in [0.3, 0.4) is 0 Å². The van der Waals surface area contributed by atoms with Gasteiger partial charge in [0.25, 0.3) is 5.91 Å². The lowest BCUT2D eigenvalue weighted by molar-refractivity contribution is -0.0272. The largest absolute Gasteiger partial charge is 0.367 e. The molecule has 3 rings (SSSR count). The van der Waals surface area contributed by atoms with Gasteiger partial charge in [-0.15, -0.1) is 0 Å². The first-order chi connectivity index (χ1) is 10.2. The number of carbonyl (C=O) groups is 1. The second kappa shape index (κ2) is 5.92. The number of nitrogens with zero attached hydrogens (tertiary/aromatic N) is 5. The van der Waals surface area contributed by atoms with Crippen molar-refractivity contribution < 1.29 is 9.53 Å². The Morgan fingerprint density at radius 2 is 2.10 bits per heavy atom. The highest BCUT2D eigenvalue weighted by molar-refractivity contribution is 5.90. The van der Waals surface area contributed by atoms with Crippen LogP contribution in [0, 0.1) is 6.92 Å². The number of morpholine rings is 1. The number of aromatic nitrogens is 4. The minimum Gasteiger partial charge on any atom is -0.367 e. The average Bonchev–Trinajstić information content (AvgIpc) is 2.55. The lowest BCUT2D eigenvalue weighted by atomic mass is 10.2. The van der Waals surface area contributed by atoms with Gasteiger partial charge in [0.2, 0.25) is 5.82 Å². The number of rotatable bonds is 2. The van der Waals surface area contributed by atoms with E-state index in [0.29, 0.717) is 25.5 Å². The first-order valence-corrected chi connectivity index (χ1v) is 6.71. The molecular formula is C14H15N5O2. The molecule has 0 aliphatic carbocycles. The van der Waals surface area contributed by atoms with Crippen LogP contribution in [-0.2, 0) is 4.74 Å². The van der Waals surface area contributed by atoms with Gasteiger partial charge in [0.05, 0.1) is 13.2 Å². The lowest BCUT2D eigenvalue weighted by Crippen LogP contribution is -2.43. The molecule has 2 aromatic rings. The summed E-state index contributed by atoms with van der Waals surface area (Å²) in [5.41, 5.74) is 0.874. The van der Waals surface area contributed by atoms with Gasteiger partial charge in [-0.25, -0.2) is 19.9 Å². The molecule has 2 aromatic heterocycles. The summed E-state index contributed by atoms with van der Waals surface area (Å²) in [7, 11) is 0. The van der Waals surface area contributed by atoms with E-state index in [-0.39, 0.29) is 17.8 Å². The maximum Gasteiger partial charge on any atom is 0.291 e. The van der Waals surface area contributed by atoms with Crippen LogP contribution < -0.4 is 0 Å². The normalized spacial score (nSPS) is 18.5. The standard InChI is InChI=1S/C14H15N5O2/c1-10-3-6-17-12(18-10)11-9-19(7-8-21-11)14(20)13-15-4-2-5-16-13/h2-6,11H,7-9H2,1H3/t11-/m0/s1. The monoisotopic (exact) mass is 285 g/mol. The Labute approximate surface area is 122 Å². The molecule has 3 heterocycles. The van der Waals surface area contributed by atoms with Gasteiger partial charge >= 0.3 is 0 Å². The van der Waals surface area contributed by atoms with Gasteiger partial charge in [0.1, 0.15) is 6.10 Å². The average molecular weight is 285 g/mol. The van der Waals surface area contributed by atoms with Gasteiger partial charge in [-0.05, 0) is 19.1 Å². The van der Waals surface area contributed by atoms with E-state index in [1.54, 1.807) is 29.6 Å². The second-order valence-corrected chi connectivity index (χ2v) is 4.74. The summed E-state index contributed by atoms with van der Waals surface area (Å²) in [6, 6.07) is 3.51. The topological polar surface area (TPSA) is 81.1 Å². The van der Waals surface area contributed by atoms with Crippen molar-refractivity contribution in [2.45, 2.75) is 13.0 Å². The van der Waals surface area contributed by atoms with Crippen LogP contribution in [-0.4, -0.2) is 50.4 Å². The van der Waals surface area contributed by atoms with Gasteiger partial charge in [-0.2, -0.15) is 0 Å². The van der Waals surface area contributed by atoms with Crippen LogP contribution >= 0.6 is 0 Å². The quantitative estimate of drug-likeness (QED) is 0.811. The number of amides is 1. The summed E-state index contributed by atoms with van der Waals surface area (Å²) in [5.74, 6) is 0.598. The van der Waals surface area contributed by atoms with Crippen molar-refractivity contribution in [2.24, 2.45) is 0 Å². The van der Waals surface area contributed by atoms with E-state index in [9.17, 15) is 4.79 Å². The third-order valence-corrected chi connectivity index (χ3v) is 3.21. The summed E-state index contributed by atoms with van der Waals surface area (Å²) in [4.78, 5) is 30.6. The van der Waals surface area contributed by atoms with Gasteiger partial charge in [-0.1, -0.05) is 0 Å². The molecule has 0 N–H and O–H groups in total. The molecule has 108 valence electrons. The molecule has 1 amide bonds. The zero-order valence-electron chi connectivity index (χ0n) is 11.6. The minimum absolute atomic E-state index is 0.198. The fourth-order valence-electron chi connectivity index (χ4n) is 2.16. The van der Waals surface area contributed by atoms with E-state index in [0.717, 1.165) is 5.69 Å². The maximum atomic E-state index is 12.3. The van der Waals surface area contributed by atoms with Crippen molar-refractivity contribution in [3.8, 4) is 0 Å². The molecule has 1 saturated heterocycles. The highest BCUT2D eigenvalue weighted by Gasteiger charge is 2.28. The fourth-order valence-corrected chi connectivity index (χ4v) is 2.16. The van der Waals surface area contributed by atoms with Crippen LogP contribution in [0.4, 0.5) is 0 Å². The Morgan fingerprint density at radius 3 is 2.86 bits per heavy atom. The van der Waals surface area contributed by atoms with Gasteiger partial charge in [0.15, 0.2) is 5.82 Å². The second-order valence-electron chi connectivity index (χ2n) is 4.74. The molecule has 0 spiro atoms. The van der Waals surface area contributed by atoms with E-state index < -0.39 is 0 Å². The minimum atomic E-state index is -0.314. The molecule has 0 saturated carbocycles. The van der Waals surface area contributed by atoms with Crippen LogP contribution in [0.2, 0.25) is 0 Å². The molecule has 1 fully saturated rings. The van der Waals surface area contributed by atoms with Crippen LogP contribution in [0.1, 0.15) is 28.2 Å². The first-order valence-electron chi connectivity index (χ1n) is 6.71. The van der Waals surface area contributed by atoms with Gasteiger partial charge in [-0.3, -0.25) is 4.79 Å². The predicted molar refractivity (Wildman–Crippen MR) is 73.4 cm³/mol. The van der Waals surface area contributed by atoms with Gasteiger partial charge < -0.3 is 9.64 Å². The summed E-state index contributed by atoms with van der Waals surface area (Å²) in [5, 5.41) is 0. The van der Waals surface area contributed by atoms with Gasteiger partial charge in [0, 0.05) is 30.8 Å². The number of hydrogen-bond donors (Lipinski definition) is 0. The summed E-state index contributed by atoms with van der Waals surface area (Å²) < 4.78 is 5.68. The van der Waals surface area contributed by atoms with Crippen molar-refractivity contribution in [3.05, 3.63) is 48.1 Å². The van der Waals surface area contributed by atoms with E-state index in [2.05, 4.69) is 19.9 Å². The van der Waals surface area contributed by atoms with Crippen molar-refractivity contribution in [3.63, 3.8) is 0 Å². The number of aryl methyl sites for hydroxylation is 1. The zero-order valence-corrected chi connectivity index (χ0v) is 11.6. The molecule has 0 aromatic carbocycles. The Bertz CT molecular complexity index is 634. The first kappa shape index (κ1) is 13.6. The van der Waals surface area contributed by atoms with Crippen LogP contribution in [0.25, 0.3) is 0 Å². The molecule has 0 unspecified atom stereocenters. The highest BCUT2D eigenvalue weighted by Crippen LogP contribution is 2.19. The summed E-state index contributed by atoms with van der Waals surface area (Å²) in [6.45, 7) is 3.26. The number of carbonyl (C=O) groups excluding carboxylic acids is 1. The van der Waals surface area contributed by atoms with E-state index in [1.165, 1.54) is 0 Å². The smallest absolute Gasteiger partial charge is 0.291 e. The molecule has 0 bridgehead atoms. The number of hydrogen-bond acceptors (Lipinski definition) is 6. The van der Waals surface area contributed by atoms with Crippen molar-refractivity contribution in [2.75, 3.05) is 19.7 Å². The Morgan fingerprint density at radius 1 is 1.29 bits per heavy atom. The summed E-state index contributed by atoms with van der Waals surface area (Å²) in [6.07, 6.45) is 4.50. The van der Waals surface area contributed by atoms with E-state index in [1.807, 2.05) is 13.0 Å². The molecule has 1 aliphatic rings. The Balaban J connectivity index is 1.75. The van der Waals surface area contributed by atoms with E-state index in [4.69, 9.17) is 4.74 Å². The van der Waals surface area contributed by atoms with Crippen molar-refractivity contribution >= 4 is 5.91 Å². The molecule has 1 atom stereocenters. The summed E-state index contributed by atoms with van der Waals surface area (Å²) >= 11 is 0. The molecule has 0 radical (unpaired) electrons. The van der Waals surface area contributed by atoms with Crippen molar-refractivity contribution in [1.82, 2.24) is 24.8 Å². The van der Waals surface area contributed by atoms with Crippen LogP contribution in [0.5, 0.6) is 0 Å². The third-order valence-electron chi connectivity index (χ3n) is 3.21. The highest BCUT2D eigenvalue weighted by atomic mass is 16.5. The molecule has 1 aliphatic heterocycles. The molecule has 7 heteroatoms. The Hall–Kier alpha value is -2.41. The third kappa shape index (κ3) is 3.03. The zero-order chi connectivity index (χ0) is 14.7. The molecule has 21 heavy (non-hydrogen) atoms. The van der Waals surface area contributed by atoms with Crippen LogP contribution in [0.15, 0.2) is 30.7 Å².